The molecule has 0 atom stereocenters. The van der Waals surface area contributed by atoms with Crippen LogP contribution in [0.25, 0.3) is 11.1 Å². The SMILES string of the molecule is COc1c(Cl)c(Cl)c(-c2ccccc2)c(N)c1NS(=O)(=O)c1ccccc1. The van der Waals surface area contributed by atoms with Gasteiger partial charge >= 0.3 is 0 Å². The maximum atomic E-state index is 12.8. The van der Waals surface area contributed by atoms with Crippen LogP contribution in [0.2, 0.25) is 10.0 Å². The highest BCUT2D eigenvalue weighted by molar-refractivity contribution is 7.92. The van der Waals surface area contributed by atoms with Gasteiger partial charge in [0.15, 0.2) is 5.75 Å². The first kappa shape index (κ1) is 19.4. The van der Waals surface area contributed by atoms with E-state index in [0.29, 0.717) is 11.1 Å². The van der Waals surface area contributed by atoms with Gasteiger partial charge in [0.25, 0.3) is 10.0 Å². The molecule has 0 amide bonds. The monoisotopic (exact) mass is 422 g/mol. The minimum atomic E-state index is -3.91. The van der Waals surface area contributed by atoms with Crippen LogP contribution in [-0.4, -0.2) is 15.5 Å². The van der Waals surface area contributed by atoms with Gasteiger partial charge in [0.1, 0.15) is 10.7 Å². The molecule has 0 aromatic heterocycles. The molecule has 3 aromatic carbocycles. The third kappa shape index (κ3) is 3.69. The van der Waals surface area contributed by atoms with E-state index in [1.54, 1.807) is 30.3 Å². The van der Waals surface area contributed by atoms with Gasteiger partial charge in [-0.1, -0.05) is 71.7 Å². The second-order valence-corrected chi connectivity index (χ2v) is 8.05. The standard InChI is InChI=1S/C19H16Cl2N2O3S/c1-26-19-16(21)15(20)14(12-8-4-2-5-9-12)17(22)18(19)23-27(24,25)13-10-6-3-7-11-13/h2-11,23H,22H2,1H3. The number of nitrogens with two attached hydrogens (primary N) is 1. The lowest BCUT2D eigenvalue weighted by molar-refractivity contribution is 0.417. The summed E-state index contributed by atoms with van der Waals surface area (Å²) in [6, 6.07) is 17.0. The predicted molar refractivity (Wildman–Crippen MR) is 110 cm³/mol. The summed E-state index contributed by atoms with van der Waals surface area (Å²) in [6.45, 7) is 0. The van der Waals surface area contributed by atoms with Crippen LogP contribution < -0.4 is 15.2 Å². The van der Waals surface area contributed by atoms with Crippen molar-refractivity contribution < 1.29 is 13.2 Å². The van der Waals surface area contributed by atoms with Crippen LogP contribution in [0.15, 0.2) is 65.6 Å². The lowest BCUT2D eigenvalue weighted by Crippen LogP contribution is -2.15. The van der Waals surface area contributed by atoms with E-state index >= 15 is 0 Å². The Bertz CT molecular complexity index is 1070. The molecule has 0 aliphatic heterocycles. The molecule has 0 heterocycles. The van der Waals surface area contributed by atoms with Crippen molar-refractivity contribution in [1.29, 1.82) is 0 Å². The molecule has 3 rings (SSSR count). The molecule has 140 valence electrons. The topological polar surface area (TPSA) is 81.4 Å². The van der Waals surface area contributed by atoms with Gasteiger partial charge in [-0.05, 0) is 17.7 Å². The van der Waals surface area contributed by atoms with Crippen LogP contribution >= 0.6 is 23.2 Å². The van der Waals surface area contributed by atoms with Crippen LogP contribution in [-0.2, 0) is 10.0 Å². The lowest BCUT2D eigenvalue weighted by Gasteiger charge is -2.20. The lowest BCUT2D eigenvalue weighted by atomic mass is 10.0. The molecule has 27 heavy (non-hydrogen) atoms. The Morgan fingerprint density at radius 1 is 0.926 bits per heavy atom. The van der Waals surface area contributed by atoms with Crippen molar-refractivity contribution in [3.05, 3.63) is 70.7 Å². The van der Waals surface area contributed by atoms with Gasteiger partial charge in [-0.15, -0.1) is 0 Å². The first-order valence-electron chi connectivity index (χ1n) is 7.84. The van der Waals surface area contributed by atoms with Gasteiger partial charge in [-0.2, -0.15) is 0 Å². The van der Waals surface area contributed by atoms with Crippen LogP contribution in [0.4, 0.5) is 11.4 Å². The quantitative estimate of drug-likeness (QED) is 0.563. The van der Waals surface area contributed by atoms with Crippen molar-refractivity contribution in [2.45, 2.75) is 4.90 Å². The zero-order chi connectivity index (χ0) is 19.6. The molecule has 0 unspecified atom stereocenters. The number of anilines is 2. The highest BCUT2D eigenvalue weighted by Gasteiger charge is 2.26. The number of halogens is 2. The van der Waals surface area contributed by atoms with E-state index in [4.69, 9.17) is 33.7 Å². The predicted octanol–water partition coefficient (Wildman–Crippen LogP) is 5.05. The van der Waals surface area contributed by atoms with E-state index in [1.807, 2.05) is 18.2 Å². The Balaban J connectivity index is 2.22. The fraction of sp³-hybridized carbons (Fsp3) is 0.0526. The summed E-state index contributed by atoms with van der Waals surface area (Å²) in [7, 11) is -2.55. The van der Waals surface area contributed by atoms with Gasteiger partial charge in [-0.3, -0.25) is 4.72 Å². The zero-order valence-electron chi connectivity index (χ0n) is 14.2. The number of hydrogen-bond donors (Lipinski definition) is 2. The van der Waals surface area contributed by atoms with Crippen LogP contribution in [0.5, 0.6) is 5.75 Å². The molecule has 0 saturated carbocycles. The number of hydrogen-bond acceptors (Lipinski definition) is 4. The molecule has 0 spiro atoms. The molecular weight excluding hydrogens is 407 g/mol. The Morgan fingerprint density at radius 3 is 2.04 bits per heavy atom. The van der Waals surface area contributed by atoms with Gasteiger partial charge in [0.2, 0.25) is 0 Å². The number of ether oxygens (including phenoxy) is 1. The Kier molecular flexibility index (Phi) is 5.51. The van der Waals surface area contributed by atoms with Crippen molar-refractivity contribution in [3.8, 4) is 16.9 Å². The van der Waals surface area contributed by atoms with Gasteiger partial charge in [0.05, 0.1) is 22.7 Å². The van der Waals surface area contributed by atoms with Crippen LogP contribution in [0.3, 0.4) is 0 Å². The molecule has 0 saturated heterocycles. The largest absolute Gasteiger partial charge is 0.493 e. The van der Waals surface area contributed by atoms with Crippen molar-refractivity contribution in [1.82, 2.24) is 0 Å². The molecule has 0 aliphatic rings. The van der Waals surface area contributed by atoms with Gasteiger partial charge < -0.3 is 10.5 Å². The van der Waals surface area contributed by atoms with E-state index in [2.05, 4.69) is 4.72 Å². The fourth-order valence-corrected chi connectivity index (χ4v) is 4.33. The summed E-state index contributed by atoms with van der Waals surface area (Å²) >= 11 is 12.8. The Labute approximate surface area is 167 Å². The number of benzene rings is 3. The Hall–Kier alpha value is -2.41. The minimum absolute atomic E-state index is 0.0367. The van der Waals surface area contributed by atoms with Crippen molar-refractivity contribution in [3.63, 3.8) is 0 Å². The molecule has 0 radical (unpaired) electrons. The number of rotatable bonds is 5. The molecule has 3 aromatic rings. The van der Waals surface area contributed by atoms with Crippen molar-refractivity contribution >= 4 is 44.6 Å². The maximum absolute atomic E-state index is 12.8. The van der Waals surface area contributed by atoms with Crippen LogP contribution in [0, 0.1) is 0 Å². The summed E-state index contributed by atoms with van der Waals surface area (Å²) in [5, 5.41) is 0.248. The summed E-state index contributed by atoms with van der Waals surface area (Å²) in [6.07, 6.45) is 0. The summed E-state index contributed by atoms with van der Waals surface area (Å²) in [5.41, 5.74) is 7.57. The molecule has 0 bridgehead atoms. The molecule has 0 fully saturated rings. The average Bonchev–Trinajstić information content (AvgIpc) is 2.68. The number of nitrogens with one attached hydrogen (secondary N) is 1. The first-order valence-corrected chi connectivity index (χ1v) is 10.1. The molecule has 5 nitrogen and oxygen atoms in total. The molecular formula is C19H16Cl2N2O3S. The van der Waals surface area contributed by atoms with E-state index in [1.165, 1.54) is 19.2 Å². The van der Waals surface area contributed by atoms with E-state index in [0.717, 1.165) is 0 Å². The summed E-state index contributed by atoms with van der Waals surface area (Å²) in [5.74, 6) is 0.0540. The first-order chi connectivity index (χ1) is 12.9. The number of sulfonamides is 1. The average molecular weight is 423 g/mol. The van der Waals surface area contributed by atoms with E-state index in [9.17, 15) is 8.42 Å². The maximum Gasteiger partial charge on any atom is 0.262 e. The summed E-state index contributed by atoms with van der Waals surface area (Å²) in [4.78, 5) is 0.0822. The van der Waals surface area contributed by atoms with Gasteiger partial charge in [-0.25, -0.2) is 8.42 Å². The van der Waals surface area contributed by atoms with E-state index in [-0.39, 0.29) is 32.1 Å². The third-order valence-corrected chi connectivity index (χ3v) is 6.13. The number of methoxy groups -OCH3 is 1. The highest BCUT2D eigenvalue weighted by atomic mass is 35.5. The van der Waals surface area contributed by atoms with Gasteiger partial charge in [0, 0.05) is 5.56 Å². The normalized spacial score (nSPS) is 11.2. The number of nitrogen functional groups attached to an aromatic ring is 1. The third-order valence-electron chi connectivity index (χ3n) is 3.93. The summed E-state index contributed by atoms with van der Waals surface area (Å²) < 4.78 is 33.3. The Morgan fingerprint density at radius 2 is 1.48 bits per heavy atom. The zero-order valence-corrected chi connectivity index (χ0v) is 16.6. The van der Waals surface area contributed by atoms with Crippen LogP contribution in [0.1, 0.15) is 0 Å². The molecule has 8 heteroatoms. The molecule has 3 N–H and O–H groups in total. The highest BCUT2D eigenvalue weighted by Crippen LogP contribution is 2.50. The second-order valence-electron chi connectivity index (χ2n) is 5.61. The second kappa shape index (κ2) is 7.68. The van der Waals surface area contributed by atoms with Crippen molar-refractivity contribution in [2.24, 2.45) is 0 Å². The smallest absolute Gasteiger partial charge is 0.262 e. The van der Waals surface area contributed by atoms with Crippen molar-refractivity contribution in [2.75, 3.05) is 17.6 Å². The molecule has 0 aliphatic carbocycles. The van der Waals surface area contributed by atoms with E-state index < -0.39 is 10.0 Å². The minimum Gasteiger partial charge on any atom is -0.493 e. The fourth-order valence-electron chi connectivity index (χ4n) is 2.66.